The van der Waals surface area contributed by atoms with Crippen LogP contribution in [0.2, 0.25) is 0 Å². The van der Waals surface area contributed by atoms with Crippen LogP contribution in [0.15, 0.2) is 48.0 Å². The molecule has 1 heterocycles. The summed E-state index contributed by atoms with van der Waals surface area (Å²) in [5, 5.41) is 20.8. The van der Waals surface area contributed by atoms with Gasteiger partial charge in [-0.3, -0.25) is 10.1 Å². The number of carbonyl (C=O) groups excluding carboxylic acids is 1. The highest BCUT2D eigenvalue weighted by Gasteiger charge is 2.30. The van der Waals surface area contributed by atoms with E-state index in [9.17, 15) is 23.2 Å². The SMILES string of the molecule is CCc1nnc(NC(=O)C(C#N)=Cc2ccc(OCc3ccc(OC(F)(F)F)cc3)c(OC)c2)s1. The number of alkyl halides is 3. The molecule has 0 saturated carbocycles. The van der Waals surface area contributed by atoms with Crippen molar-refractivity contribution in [3.05, 3.63) is 64.2 Å². The van der Waals surface area contributed by atoms with Crippen LogP contribution in [0.1, 0.15) is 23.1 Å². The lowest BCUT2D eigenvalue weighted by atomic mass is 10.1. The second-order valence-corrected chi connectivity index (χ2v) is 7.93. The maximum Gasteiger partial charge on any atom is 0.573 e. The maximum atomic E-state index is 12.4. The number of hydrogen-bond acceptors (Lipinski definition) is 8. The average Bonchev–Trinajstić information content (AvgIpc) is 3.28. The van der Waals surface area contributed by atoms with Crippen LogP contribution in [0, 0.1) is 11.3 Å². The van der Waals surface area contributed by atoms with Crippen LogP contribution in [0.4, 0.5) is 18.3 Å². The monoisotopic (exact) mass is 504 g/mol. The third-order valence-electron chi connectivity index (χ3n) is 4.40. The molecule has 3 rings (SSSR count). The van der Waals surface area contributed by atoms with Gasteiger partial charge in [0.1, 0.15) is 29.0 Å². The van der Waals surface area contributed by atoms with Crippen LogP contribution in [0.5, 0.6) is 17.2 Å². The first-order chi connectivity index (χ1) is 16.7. The highest BCUT2D eigenvalue weighted by Crippen LogP contribution is 2.30. The molecule has 12 heteroatoms. The smallest absolute Gasteiger partial charge is 0.493 e. The molecule has 2 aromatic carbocycles. The molecule has 0 spiro atoms. The van der Waals surface area contributed by atoms with E-state index in [1.165, 1.54) is 48.8 Å². The summed E-state index contributed by atoms with van der Waals surface area (Å²) in [6, 6.07) is 11.9. The fourth-order valence-electron chi connectivity index (χ4n) is 2.77. The number of carbonyl (C=O) groups is 1. The van der Waals surface area contributed by atoms with Crippen LogP contribution in [0.25, 0.3) is 6.08 Å². The number of hydrogen-bond donors (Lipinski definition) is 1. The zero-order valence-corrected chi connectivity index (χ0v) is 19.4. The van der Waals surface area contributed by atoms with E-state index in [1.807, 2.05) is 13.0 Å². The normalized spacial score (nSPS) is 11.5. The number of amides is 1. The van der Waals surface area contributed by atoms with Crippen molar-refractivity contribution in [3.8, 4) is 23.3 Å². The molecular weight excluding hydrogens is 485 g/mol. The number of nitrogens with zero attached hydrogens (tertiary/aromatic N) is 3. The number of halogens is 3. The van der Waals surface area contributed by atoms with Crippen molar-refractivity contribution in [2.24, 2.45) is 0 Å². The molecule has 0 fully saturated rings. The van der Waals surface area contributed by atoms with Crippen molar-refractivity contribution in [1.82, 2.24) is 10.2 Å². The lowest BCUT2D eigenvalue weighted by Gasteiger charge is -2.12. The molecule has 0 bridgehead atoms. The van der Waals surface area contributed by atoms with Gasteiger partial charge < -0.3 is 14.2 Å². The van der Waals surface area contributed by atoms with Crippen LogP contribution >= 0.6 is 11.3 Å². The molecule has 35 heavy (non-hydrogen) atoms. The third kappa shape index (κ3) is 7.44. The highest BCUT2D eigenvalue weighted by molar-refractivity contribution is 7.15. The summed E-state index contributed by atoms with van der Waals surface area (Å²) in [7, 11) is 1.43. The van der Waals surface area contributed by atoms with Gasteiger partial charge in [0, 0.05) is 0 Å². The molecule has 0 aliphatic rings. The Labute approximate surface area is 202 Å². The van der Waals surface area contributed by atoms with Crippen LogP contribution in [-0.2, 0) is 17.8 Å². The minimum absolute atomic E-state index is 0.0608. The van der Waals surface area contributed by atoms with E-state index in [0.29, 0.717) is 34.2 Å². The van der Waals surface area contributed by atoms with Gasteiger partial charge in [-0.2, -0.15) is 5.26 Å². The van der Waals surface area contributed by atoms with E-state index < -0.39 is 12.3 Å². The zero-order chi connectivity index (χ0) is 25.4. The Bertz CT molecular complexity index is 1250. The molecule has 0 radical (unpaired) electrons. The fraction of sp³-hybridized carbons (Fsp3) is 0.217. The predicted octanol–water partition coefficient (Wildman–Crippen LogP) is 5.13. The van der Waals surface area contributed by atoms with E-state index >= 15 is 0 Å². The van der Waals surface area contributed by atoms with Crippen LogP contribution < -0.4 is 19.5 Å². The Balaban J connectivity index is 1.68. The van der Waals surface area contributed by atoms with E-state index in [1.54, 1.807) is 18.2 Å². The van der Waals surface area contributed by atoms with Gasteiger partial charge in [0.2, 0.25) is 5.13 Å². The molecule has 1 aromatic heterocycles. The topological polar surface area (TPSA) is 106 Å². The Kier molecular flexibility index (Phi) is 8.27. The Hall–Kier alpha value is -4.11. The number of aromatic nitrogens is 2. The standard InChI is InChI=1S/C23H19F3N4O4S/c1-3-20-29-30-22(35-20)28-21(31)16(12-27)10-15-6-9-18(19(11-15)32-2)33-13-14-4-7-17(8-5-14)34-23(24,25)26/h4-11H,3,13H2,1-2H3,(H,28,30,31). The molecule has 8 nitrogen and oxygen atoms in total. The minimum Gasteiger partial charge on any atom is -0.493 e. The van der Waals surface area contributed by atoms with Crippen LogP contribution in [-0.4, -0.2) is 29.6 Å². The first-order valence-corrected chi connectivity index (χ1v) is 10.9. The highest BCUT2D eigenvalue weighted by atomic mass is 32.1. The Morgan fingerprint density at radius 3 is 2.51 bits per heavy atom. The quantitative estimate of drug-likeness (QED) is 0.318. The third-order valence-corrected chi connectivity index (χ3v) is 5.39. The van der Waals surface area contributed by atoms with Crippen molar-refractivity contribution in [2.45, 2.75) is 26.3 Å². The molecule has 0 saturated heterocycles. The fourth-order valence-corrected chi connectivity index (χ4v) is 3.44. The van der Waals surface area contributed by atoms with Gasteiger partial charge in [0.25, 0.3) is 5.91 Å². The van der Waals surface area contributed by atoms with Crippen molar-refractivity contribution in [1.29, 1.82) is 5.26 Å². The molecule has 0 aliphatic carbocycles. The summed E-state index contributed by atoms with van der Waals surface area (Å²) >= 11 is 1.23. The summed E-state index contributed by atoms with van der Waals surface area (Å²) in [5.74, 6) is -0.248. The van der Waals surface area contributed by atoms with Gasteiger partial charge in [-0.1, -0.05) is 36.5 Å². The molecule has 0 aliphatic heterocycles. The summed E-state index contributed by atoms with van der Waals surface area (Å²) in [6.45, 7) is 1.97. The van der Waals surface area contributed by atoms with Crippen molar-refractivity contribution >= 4 is 28.5 Å². The van der Waals surface area contributed by atoms with Crippen molar-refractivity contribution < 1.29 is 32.2 Å². The van der Waals surface area contributed by atoms with Gasteiger partial charge in [-0.25, -0.2) is 0 Å². The second-order valence-electron chi connectivity index (χ2n) is 6.87. The number of rotatable bonds is 9. The zero-order valence-electron chi connectivity index (χ0n) is 18.5. The number of ether oxygens (including phenoxy) is 3. The van der Waals surface area contributed by atoms with Gasteiger partial charge >= 0.3 is 6.36 Å². The summed E-state index contributed by atoms with van der Waals surface area (Å²) in [5.41, 5.74) is 0.980. The Morgan fingerprint density at radius 1 is 1.17 bits per heavy atom. The van der Waals surface area contributed by atoms with Gasteiger partial charge in [0.15, 0.2) is 11.5 Å². The molecule has 0 atom stereocenters. The lowest BCUT2D eigenvalue weighted by molar-refractivity contribution is -0.274. The molecule has 3 aromatic rings. The first-order valence-electron chi connectivity index (χ1n) is 10.1. The molecule has 182 valence electrons. The van der Waals surface area contributed by atoms with Gasteiger partial charge in [-0.15, -0.1) is 23.4 Å². The number of aryl methyl sites for hydroxylation is 1. The molecular formula is C23H19F3N4O4S. The Morgan fingerprint density at radius 2 is 1.91 bits per heavy atom. The second kappa shape index (κ2) is 11.3. The first kappa shape index (κ1) is 25.5. The maximum absolute atomic E-state index is 12.4. The summed E-state index contributed by atoms with van der Waals surface area (Å²) in [4.78, 5) is 12.4. The number of methoxy groups -OCH3 is 1. The van der Waals surface area contributed by atoms with Gasteiger partial charge in [0.05, 0.1) is 7.11 Å². The number of anilines is 1. The minimum atomic E-state index is -4.76. The number of nitriles is 1. The van der Waals surface area contributed by atoms with Crippen LogP contribution in [0.3, 0.4) is 0 Å². The predicted molar refractivity (Wildman–Crippen MR) is 122 cm³/mol. The largest absolute Gasteiger partial charge is 0.573 e. The van der Waals surface area contributed by atoms with E-state index in [0.717, 1.165) is 5.01 Å². The summed E-state index contributed by atoms with van der Waals surface area (Å²) < 4.78 is 51.7. The van der Waals surface area contributed by atoms with E-state index in [-0.39, 0.29) is 17.9 Å². The van der Waals surface area contributed by atoms with E-state index in [4.69, 9.17) is 9.47 Å². The summed E-state index contributed by atoms with van der Waals surface area (Å²) in [6.07, 6.45) is -2.69. The van der Waals surface area contributed by atoms with Gasteiger partial charge in [-0.05, 0) is 47.9 Å². The van der Waals surface area contributed by atoms with E-state index in [2.05, 4.69) is 20.3 Å². The lowest BCUT2D eigenvalue weighted by Crippen LogP contribution is -2.17. The number of nitrogens with one attached hydrogen (secondary N) is 1. The van der Waals surface area contributed by atoms with Crippen molar-refractivity contribution in [3.63, 3.8) is 0 Å². The average molecular weight is 504 g/mol. The number of benzene rings is 2. The van der Waals surface area contributed by atoms with Crippen molar-refractivity contribution in [2.75, 3.05) is 12.4 Å². The molecule has 0 unspecified atom stereocenters. The molecule has 1 amide bonds. The molecule has 1 N–H and O–H groups in total.